The van der Waals surface area contributed by atoms with Crippen molar-refractivity contribution in [3.05, 3.63) is 63.9 Å². The smallest absolute Gasteiger partial charge is 0.0570 e. The van der Waals surface area contributed by atoms with Crippen LogP contribution in [0.25, 0.3) is 0 Å². The molecule has 19 heavy (non-hydrogen) atoms. The molecule has 0 aliphatic heterocycles. The van der Waals surface area contributed by atoms with Gasteiger partial charge in [0, 0.05) is 28.3 Å². The molecule has 2 unspecified atom stereocenters. The van der Waals surface area contributed by atoms with Crippen molar-refractivity contribution in [1.29, 1.82) is 0 Å². The minimum Gasteiger partial charge on any atom is -0.302 e. The summed E-state index contributed by atoms with van der Waals surface area (Å²) in [6.45, 7) is 4.15. The Balaban J connectivity index is 2.13. The molecule has 0 aliphatic carbocycles. The van der Waals surface area contributed by atoms with Crippen LogP contribution in [0.5, 0.6) is 0 Å². The van der Waals surface area contributed by atoms with Crippen molar-refractivity contribution in [1.82, 2.24) is 10.3 Å². The number of pyridine rings is 1. The average Bonchev–Trinajstić information content (AvgIpc) is 2.42. The molecule has 0 bridgehead atoms. The third kappa shape index (κ3) is 3.69. The Morgan fingerprint density at radius 1 is 1.05 bits per heavy atom. The van der Waals surface area contributed by atoms with Crippen molar-refractivity contribution in [2.75, 3.05) is 0 Å². The van der Waals surface area contributed by atoms with Crippen molar-refractivity contribution in [2.24, 2.45) is 0 Å². The maximum atomic E-state index is 6.21. The number of benzene rings is 1. The second-order valence-corrected chi connectivity index (χ2v) is 5.37. The first-order valence-corrected chi connectivity index (χ1v) is 6.95. The van der Waals surface area contributed by atoms with E-state index in [-0.39, 0.29) is 12.1 Å². The summed E-state index contributed by atoms with van der Waals surface area (Å²) in [5.74, 6) is 0. The van der Waals surface area contributed by atoms with E-state index >= 15 is 0 Å². The average molecular weight is 295 g/mol. The molecule has 2 nitrogen and oxygen atoms in total. The summed E-state index contributed by atoms with van der Waals surface area (Å²) >= 11 is 12.2. The first-order valence-electron chi connectivity index (χ1n) is 6.20. The molecular weight excluding hydrogens is 279 g/mol. The summed E-state index contributed by atoms with van der Waals surface area (Å²) in [6.07, 6.45) is 1.80. The fraction of sp³-hybridized carbons (Fsp3) is 0.267. The standard InChI is InChI=1S/C15H16Cl2N2/c1-10(13-9-12(16)6-7-14(13)17)19-11(2)15-5-3-4-8-18-15/h3-11,19H,1-2H3. The second kappa shape index (κ2) is 6.38. The number of halogens is 2. The first-order chi connectivity index (χ1) is 9.08. The highest BCUT2D eigenvalue weighted by molar-refractivity contribution is 6.33. The molecule has 0 amide bonds. The van der Waals surface area contributed by atoms with E-state index in [0.29, 0.717) is 5.02 Å². The van der Waals surface area contributed by atoms with E-state index in [1.807, 2.05) is 30.3 Å². The van der Waals surface area contributed by atoms with E-state index in [4.69, 9.17) is 23.2 Å². The van der Waals surface area contributed by atoms with Crippen LogP contribution in [0.3, 0.4) is 0 Å². The van der Waals surface area contributed by atoms with Crippen LogP contribution in [0, 0.1) is 0 Å². The van der Waals surface area contributed by atoms with Crippen molar-refractivity contribution in [2.45, 2.75) is 25.9 Å². The van der Waals surface area contributed by atoms with Gasteiger partial charge in [0.15, 0.2) is 0 Å². The lowest BCUT2D eigenvalue weighted by molar-refractivity contribution is 0.486. The molecule has 2 rings (SSSR count). The largest absolute Gasteiger partial charge is 0.302 e. The highest BCUT2D eigenvalue weighted by atomic mass is 35.5. The fourth-order valence-corrected chi connectivity index (χ4v) is 2.49. The summed E-state index contributed by atoms with van der Waals surface area (Å²) in [4.78, 5) is 4.34. The van der Waals surface area contributed by atoms with Gasteiger partial charge < -0.3 is 5.32 Å². The van der Waals surface area contributed by atoms with Gasteiger partial charge in [-0.3, -0.25) is 4.98 Å². The zero-order valence-electron chi connectivity index (χ0n) is 10.9. The molecule has 1 heterocycles. The summed E-state index contributed by atoms with van der Waals surface area (Å²) in [5.41, 5.74) is 2.00. The molecule has 100 valence electrons. The van der Waals surface area contributed by atoms with Crippen LogP contribution in [-0.2, 0) is 0 Å². The predicted octanol–water partition coefficient (Wildman–Crippen LogP) is 4.80. The highest BCUT2D eigenvalue weighted by Crippen LogP contribution is 2.27. The molecule has 1 aromatic carbocycles. The number of nitrogens with one attached hydrogen (secondary N) is 1. The van der Waals surface area contributed by atoms with Gasteiger partial charge in [-0.25, -0.2) is 0 Å². The van der Waals surface area contributed by atoms with Gasteiger partial charge in [-0.2, -0.15) is 0 Å². The van der Waals surface area contributed by atoms with Crippen molar-refractivity contribution in [3.8, 4) is 0 Å². The Morgan fingerprint density at radius 3 is 2.53 bits per heavy atom. The fourth-order valence-electron chi connectivity index (χ4n) is 2.03. The molecular formula is C15H16Cl2N2. The first kappa shape index (κ1) is 14.3. The van der Waals surface area contributed by atoms with E-state index in [2.05, 4.69) is 24.1 Å². The van der Waals surface area contributed by atoms with Crippen LogP contribution in [0.2, 0.25) is 10.0 Å². The van der Waals surface area contributed by atoms with Gasteiger partial charge in [0.2, 0.25) is 0 Å². The molecule has 0 aliphatic rings. The molecule has 1 N–H and O–H groups in total. The SMILES string of the molecule is CC(NC(C)c1cc(Cl)ccc1Cl)c1ccccn1. The molecule has 1 aromatic heterocycles. The lowest BCUT2D eigenvalue weighted by Gasteiger charge is -2.21. The topological polar surface area (TPSA) is 24.9 Å². The maximum absolute atomic E-state index is 6.21. The number of rotatable bonds is 4. The van der Waals surface area contributed by atoms with Crippen LogP contribution >= 0.6 is 23.2 Å². The third-order valence-corrected chi connectivity index (χ3v) is 3.64. The number of nitrogens with zero attached hydrogens (tertiary/aromatic N) is 1. The molecule has 4 heteroatoms. The maximum Gasteiger partial charge on any atom is 0.0570 e. The van der Waals surface area contributed by atoms with Gasteiger partial charge in [0.05, 0.1) is 5.69 Å². The summed E-state index contributed by atoms with van der Waals surface area (Å²) in [7, 11) is 0. The monoisotopic (exact) mass is 294 g/mol. The van der Waals surface area contributed by atoms with Crippen molar-refractivity contribution < 1.29 is 0 Å². The van der Waals surface area contributed by atoms with Crippen LogP contribution < -0.4 is 5.32 Å². The molecule has 2 atom stereocenters. The zero-order chi connectivity index (χ0) is 13.8. The van der Waals surface area contributed by atoms with Gasteiger partial charge in [-0.1, -0.05) is 29.3 Å². The van der Waals surface area contributed by atoms with E-state index in [1.165, 1.54) is 0 Å². The van der Waals surface area contributed by atoms with Crippen LogP contribution in [0.1, 0.15) is 37.2 Å². The molecule has 0 fully saturated rings. The van der Waals surface area contributed by atoms with Crippen LogP contribution in [-0.4, -0.2) is 4.98 Å². The molecule has 2 aromatic rings. The summed E-state index contributed by atoms with van der Waals surface area (Å²) < 4.78 is 0. The molecule has 0 radical (unpaired) electrons. The van der Waals surface area contributed by atoms with Gasteiger partial charge in [-0.05, 0) is 49.7 Å². The minimum atomic E-state index is 0.100. The van der Waals surface area contributed by atoms with Crippen LogP contribution in [0.4, 0.5) is 0 Å². The Bertz CT molecular complexity index is 543. The van der Waals surface area contributed by atoms with Gasteiger partial charge >= 0.3 is 0 Å². The van der Waals surface area contributed by atoms with Crippen molar-refractivity contribution >= 4 is 23.2 Å². The quantitative estimate of drug-likeness (QED) is 0.876. The van der Waals surface area contributed by atoms with Gasteiger partial charge in [0.1, 0.15) is 0 Å². The van der Waals surface area contributed by atoms with E-state index < -0.39 is 0 Å². The Morgan fingerprint density at radius 2 is 1.84 bits per heavy atom. The lowest BCUT2D eigenvalue weighted by Crippen LogP contribution is -2.23. The lowest BCUT2D eigenvalue weighted by atomic mass is 10.1. The van der Waals surface area contributed by atoms with E-state index in [9.17, 15) is 0 Å². The minimum absolute atomic E-state index is 0.100. The zero-order valence-corrected chi connectivity index (χ0v) is 12.4. The van der Waals surface area contributed by atoms with Gasteiger partial charge in [-0.15, -0.1) is 0 Å². The third-order valence-electron chi connectivity index (χ3n) is 3.06. The molecule has 0 spiro atoms. The van der Waals surface area contributed by atoms with E-state index in [1.54, 1.807) is 12.3 Å². The van der Waals surface area contributed by atoms with Gasteiger partial charge in [0.25, 0.3) is 0 Å². The van der Waals surface area contributed by atoms with Crippen molar-refractivity contribution in [3.63, 3.8) is 0 Å². The number of aromatic nitrogens is 1. The predicted molar refractivity (Wildman–Crippen MR) is 80.7 cm³/mol. The van der Waals surface area contributed by atoms with E-state index in [0.717, 1.165) is 16.3 Å². The molecule has 0 saturated carbocycles. The Labute approximate surface area is 123 Å². The van der Waals surface area contributed by atoms with Crippen LogP contribution in [0.15, 0.2) is 42.6 Å². The highest BCUT2D eigenvalue weighted by Gasteiger charge is 2.14. The Kier molecular flexibility index (Phi) is 4.81. The normalized spacial score (nSPS) is 14.1. The number of hydrogen-bond acceptors (Lipinski definition) is 2. The molecule has 0 saturated heterocycles. The summed E-state index contributed by atoms with van der Waals surface area (Å²) in [6, 6.07) is 11.7. The second-order valence-electron chi connectivity index (χ2n) is 4.53. The summed E-state index contributed by atoms with van der Waals surface area (Å²) in [5, 5.41) is 4.89. The number of hydrogen-bond donors (Lipinski definition) is 1. The Hall–Kier alpha value is -1.09.